The molecular weight excluding hydrogens is 286 g/mol. The minimum atomic E-state index is -0.159. The highest BCUT2D eigenvalue weighted by Crippen LogP contribution is 2.19. The molecule has 0 radical (unpaired) electrons. The van der Waals surface area contributed by atoms with Crippen LogP contribution in [0.5, 0.6) is 5.88 Å². The lowest BCUT2D eigenvalue weighted by molar-refractivity contribution is 0.0443. The average Bonchev–Trinajstić information content (AvgIpc) is 3.04. The third-order valence-electron chi connectivity index (χ3n) is 3.75. The molecule has 0 aromatic carbocycles. The molecule has 3 heterocycles. The fourth-order valence-corrected chi connectivity index (χ4v) is 2.60. The highest BCUT2D eigenvalue weighted by Gasteiger charge is 2.31. The van der Waals surface area contributed by atoms with Crippen LogP contribution < -0.4 is 4.74 Å². The van der Waals surface area contributed by atoms with E-state index >= 15 is 0 Å². The van der Waals surface area contributed by atoms with Crippen molar-refractivity contribution in [1.82, 2.24) is 19.8 Å². The molecule has 0 N–H and O–H groups in total. The second-order valence-electron chi connectivity index (χ2n) is 5.18. The smallest absolute Gasteiger partial charge is 0.320 e. The van der Waals surface area contributed by atoms with Crippen molar-refractivity contribution in [2.75, 3.05) is 39.4 Å². The number of nitrogens with zero attached hydrogens (tertiary/aromatic N) is 5. The summed E-state index contributed by atoms with van der Waals surface area (Å²) >= 11 is 0. The Kier molecular flexibility index (Phi) is 4.34. The Morgan fingerprint density at radius 1 is 1.27 bits per heavy atom. The van der Waals surface area contributed by atoms with Crippen LogP contribution in [0.1, 0.15) is 12.1 Å². The van der Waals surface area contributed by atoms with E-state index in [0.717, 1.165) is 6.42 Å². The van der Waals surface area contributed by atoms with Crippen LogP contribution in [-0.4, -0.2) is 71.3 Å². The Hall–Kier alpha value is -2.40. The van der Waals surface area contributed by atoms with E-state index in [1.165, 1.54) is 12.4 Å². The van der Waals surface area contributed by atoms with Crippen LogP contribution in [0.4, 0.5) is 4.79 Å². The topological polar surface area (TPSA) is 91.6 Å². The van der Waals surface area contributed by atoms with Crippen molar-refractivity contribution >= 4 is 6.03 Å². The summed E-state index contributed by atoms with van der Waals surface area (Å²) in [7, 11) is 0. The molecule has 2 aliphatic heterocycles. The van der Waals surface area contributed by atoms with E-state index in [-0.39, 0.29) is 23.7 Å². The first-order chi connectivity index (χ1) is 10.8. The molecule has 0 aliphatic carbocycles. The summed E-state index contributed by atoms with van der Waals surface area (Å²) in [4.78, 5) is 23.9. The van der Waals surface area contributed by atoms with Gasteiger partial charge < -0.3 is 19.3 Å². The first-order valence-electron chi connectivity index (χ1n) is 7.27. The molecule has 0 saturated carbocycles. The molecule has 2 saturated heterocycles. The molecule has 116 valence electrons. The van der Waals surface area contributed by atoms with Gasteiger partial charge >= 0.3 is 6.03 Å². The molecule has 0 unspecified atom stereocenters. The third-order valence-corrected chi connectivity index (χ3v) is 3.75. The molecule has 22 heavy (non-hydrogen) atoms. The van der Waals surface area contributed by atoms with Crippen molar-refractivity contribution in [1.29, 1.82) is 5.26 Å². The first-order valence-corrected chi connectivity index (χ1v) is 7.27. The van der Waals surface area contributed by atoms with Gasteiger partial charge in [-0.05, 0) is 0 Å². The van der Waals surface area contributed by atoms with Crippen LogP contribution in [-0.2, 0) is 4.74 Å². The number of morpholine rings is 1. The Balaban J connectivity index is 1.58. The summed E-state index contributed by atoms with van der Waals surface area (Å²) in [5.74, 6) is 0.232. The monoisotopic (exact) mass is 303 g/mol. The zero-order valence-corrected chi connectivity index (χ0v) is 12.1. The van der Waals surface area contributed by atoms with E-state index in [2.05, 4.69) is 9.97 Å². The lowest BCUT2D eigenvalue weighted by Crippen LogP contribution is -2.47. The fraction of sp³-hybridized carbons (Fsp3) is 0.571. The predicted molar refractivity (Wildman–Crippen MR) is 75.1 cm³/mol. The molecule has 0 bridgehead atoms. The van der Waals surface area contributed by atoms with Crippen LogP contribution in [0.15, 0.2) is 12.4 Å². The highest BCUT2D eigenvalue weighted by atomic mass is 16.5. The van der Waals surface area contributed by atoms with E-state index in [0.29, 0.717) is 39.4 Å². The summed E-state index contributed by atoms with van der Waals surface area (Å²) < 4.78 is 11.0. The SMILES string of the molecule is N#Cc1nccnc1O[C@H]1CCN(C(=O)N2CCOCC2)C1. The predicted octanol–water partition coefficient (Wildman–Crippen LogP) is 0.254. The van der Waals surface area contributed by atoms with E-state index < -0.39 is 0 Å². The number of carbonyl (C=O) groups is 1. The second-order valence-corrected chi connectivity index (χ2v) is 5.18. The molecule has 1 aromatic heterocycles. The maximum absolute atomic E-state index is 12.4. The van der Waals surface area contributed by atoms with Crippen molar-refractivity contribution in [2.45, 2.75) is 12.5 Å². The molecule has 1 atom stereocenters. The van der Waals surface area contributed by atoms with E-state index in [9.17, 15) is 4.79 Å². The Bertz CT molecular complexity index is 582. The number of likely N-dealkylation sites (tertiary alicyclic amines) is 1. The van der Waals surface area contributed by atoms with Crippen LogP contribution in [0, 0.1) is 11.3 Å². The molecular formula is C14H17N5O3. The second kappa shape index (κ2) is 6.58. The van der Waals surface area contributed by atoms with Crippen molar-refractivity contribution < 1.29 is 14.3 Å². The molecule has 2 aliphatic rings. The molecule has 2 amide bonds. The summed E-state index contributed by atoms with van der Waals surface area (Å²) in [6.07, 6.45) is 3.50. The van der Waals surface area contributed by atoms with Crippen LogP contribution >= 0.6 is 0 Å². The van der Waals surface area contributed by atoms with Crippen molar-refractivity contribution in [3.05, 3.63) is 18.1 Å². The third kappa shape index (κ3) is 3.09. The molecule has 3 rings (SSSR count). The molecule has 8 nitrogen and oxygen atoms in total. The van der Waals surface area contributed by atoms with Gasteiger partial charge in [0.2, 0.25) is 5.69 Å². The highest BCUT2D eigenvalue weighted by molar-refractivity contribution is 5.75. The van der Waals surface area contributed by atoms with Gasteiger partial charge in [-0.1, -0.05) is 0 Å². The molecule has 1 aromatic rings. The summed E-state index contributed by atoms with van der Waals surface area (Å²) in [6.45, 7) is 3.57. The Morgan fingerprint density at radius 3 is 2.82 bits per heavy atom. The number of rotatable bonds is 2. The largest absolute Gasteiger partial charge is 0.470 e. The molecule has 8 heteroatoms. The number of aromatic nitrogens is 2. The average molecular weight is 303 g/mol. The fourth-order valence-electron chi connectivity index (χ4n) is 2.60. The lowest BCUT2D eigenvalue weighted by Gasteiger charge is -2.30. The van der Waals surface area contributed by atoms with Gasteiger partial charge in [0.25, 0.3) is 5.88 Å². The lowest BCUT2D eigenvalue weighted by atomic mass is 10.3. The Labute approximate surface area is 128 Å². The van der Waals surface area contributed by atoms with Crippen LogP contribution in [0.25, 0.3) is 0 Å². The minimum absolute atomic E-state index is 0.0223. The van der Waals surface area contributed by atoms with Gasteiger partial charge in [0.15, 0.2) is 0 Å². The number of nitriles is 1. The number of hydrogen-bond donors (Lipinski definition) is 0. The number of urea groups is 1. The zero-order valence-electron chi connectivity index (χ0n) is 12.1. The first kappa shape index (κ1) is 14.5. The summed E-state index contributed by atoms with van der Waals surface area (Å²) in [6, 6.07) is 1.98. The van der Waals surface area contributed by atoms with Gasteiger partial charge in [-0.2, -0.15) is 5.26 Å². The van der Waals surface area contributed by atoms with Gasteiger partial charge in [-0.25, -0.2) is 14.8 Å². The van der Waals surface area contributed by atoms with Crippen molar-refractivity contribution in [3.63, 3.8) is 0 Å². The Morgan fingerprint density at radius 2 is 2.05 bits per heavy atom. The van der Waals surface area contributed by atoms with Crippen molar-refractivity contribution in [2.24, 2.45) is 0 Å². The molecule has 2 fully saturated rings. The molecule has 0 spiro atoms. The number of amides is 2. The van der Waals surface area contributed by atoms with Crippen molar-refractivity contribution in [3.8, 4) is 11.9 Å². The minimum Gasteiger partial charge on any atom is -0.470 e. The summed E-state index contributed by atoms with van der Waals surface area (Å²) in [5, 5.41) is 8.99. The number of hydrogen-bond acceptors (Lipinski definition) is 6. The van der Waals surface area contributed by atoms with Gasteiger partial charge in [0, 0.05) is 38.4 Å². The standard InChI is InChI=1S/C14H17N5O3/c15-9-12-13(17-3-2-16-12)22-11-1-4-19(10-11)14(20)18-5-7-21-8-6-18/h2-3,11H,1,4-8,10H2/t11-/m0/s1. The summed E-state index contributed by atoms with van der Waals surface area (Å²) in [5.41, 5.74) is 0.167. The maximum Gasteiger partial charge on any atom is 0.320 e. The number of carbonyl (C=O) groups excluding carboxylic acids is 1. The van der Waals surface area contributed by atoms with Gasteiger partial charge in [-0.3, -0.25) is 0 Å². The normalized spacial score (nSPS) is 21.5. The van der Waals surface area contributed by atoms with E-state index in [1.54, 1.807) is 9.80 Å². The number of ether oxygens (including phenoxy) is 2. The van der Waals surface area contributed by atoms with Gasteiger partial charge in [0.05, 0.1) is 19.8 Å². The van der Waals surface area contributed by atoms with Gasteiger partial charge in [0.1, 0.15) is 12.2 Å². The van der Waals surface area contributed by atoms with Crippen LogP contribution in [0.2, 0.25) is 0 Å². The quantitative estimate of drug-likeness (QED) is 0.778. The maximum atomic E-state index is 12.4. The van der Waals surface area contributed by atoms with Crippen LogP contribution in [0.3, 0.4) is 0 Å². The van der Waals surface area contributed by atoms with E-state index in [1.807, 2.05) is 6.07 Å². The zero-order chi connectivity index (χ0) is 15.4. The van der Waals surface area contributed by atoms with E-state index in [4.69, 9.17) is 14.7 Å². The van der Waals surface area contributed by atoms with Gasteiger partial charge in [-0.15, -0.1) is 0 Å².